The van der Waals surface area contributed by atoms with Crippen molar-refractivity contribution in [2.24, 2.45) is 0 Å². The number of hydrogen-bond donors (Lipinski definition) is 2. The summed E-state index contributed by atoms with van der Waals surface area (Å²) in [6, 6.07) is 4.04. The van der Waals surface area contributed by atoms with E-state index < -0.39 is 5.97 Å². The topological polar surface area (TPSA) is 78.9 Å². The number of carboxylic acid groups (broad SMARTS) is 1. The smallest absolute Gasteiger partial charge is 0.335 e. The molecule has 0 saturated carbocycles. The van der Waals surface area contributed by atoms with Crippen molar-refractivity contribution in [2.75, 3.05) is 26.0 Å². The summed E-state index contributed by atoms with van der Waals surface area (Å²) in [5.74, 6) is -0.630. The van der Waals surface area contributed by atoms with Crippen LogP contribution in [0, 0.1) is 0 Å². The zero-order chi connectivity index (χ0) is 15.1. The number of rotatable bonds is 6. The third-order valence-corrected chi connectivity index (χ3v) is 2.88. The zero-order valence-corrected chi connectivity index (χ0v) is 12.0. The quantitative estimate of drug-likeness (QED) is 0.839. The molecule has 6 nitrogen and oxygen atoms in total. The maximum Gasteiger partial charge on any atom is 0.335 e. The van der Waals surface area contributed by atoms with E-state index in [0.717, 1.165) is 12.8 Å². The van der Waals surface area contributed by atoms with Crippen LogP contribution >= 0.6 is 0 Å². The van der Waals surface area contributed by atoms with Crippen LogP contribution in [0.1, 0.15) is 30.1 Å². The van der Waals surface area contributed by atoms with Gasteiger partial charge in [0.1, 0.15) is 5.75 Å². The molecule has 0 aliphatic heterocycles. The highest BCUT2D eigenvalue weighted by Crippen LogP contribution is 2.25. The summed E-state index contributed by atoms with van der Waals surface area (Å²) in [6.07, 6.45) is 1.91. The van der Waals surface area contributed by atoms with Gasteiger partial charge < -0.3 is 20.1 Å². The Morgan fingerprint density at radius 2 is 2.10 bits per heavy atom. The largest absolute Gasteiger partial charge is 0.495 e. The average Bonchev–Trinajstić information content (AvgIpc) is 2.44. The van der Waals surface area contributed by atoms with Gasteiger partial charge in [0.2, 0.25) is 0 Å². The molecule has 6 heteroatoms. The molecule has 0 saturated heterocycles. The van der Waals surface area contributed by atoms with E-state index in [2.05, 4.69) is 5.32 Å². The van der Waals surface area contributed by atoms with Gasteiger partial charge in [-0.1, -0.05) is 13.3 Å². The highest BCUT2D eigenvalue weighted by Gasteiger charge is 2.13. The predicted molar refractivity (Wildman–Crippen MR) is 76.5 cm³/mol. The van der Waals surface area contributed by atoms with Gasteiger partial charge in [-0.3, -0.25) is 0 Å². The van der Waals surface area contributed by atoms with Gasteiger partial charge in [0.15, 0.2) is 0 Å². The Bertz CT molecular complexity index is 488. The molecule has 0 radical (unpaired) electrons. The number of carbonyl (C=O) groups excluding carboxylic acids is 1. The van der Waals surface area contributed by atoms with Crippen LogP contribution in [0.5, 0.6) is 5.75 Å². The van der Waals surface area contributed by atoms with E-state index in [-0.39, 0.29) is 11.6 Å². The number of carboxylic acids is 1. The zero-order valence-electron chi connectivity index (χ0n) is 12.0. The van der Waals surface area contributed by atoms with E-state index in [1.165, 1.54) is 25.3 Å². The molecule has 0 spiro atoms. The molecule has 110 valence electrons. The van der Waals surface area contributed by atoms with Gasteiger partial charge in [-0.25, -0.2) is 9.59 Å². The maximum atomic E-state index is 12.0. The monoisotopic (exact) mass is 280 g/mol. The number of carbonyl (C=O) groups is 2. The van der Waals surface area contributed by atoms with E-state index in [0.29, 0.717) is 18.0 Å². The van der Waals surface area contributed by atoms with Crippen LogP contribution < -0.4 is 10.1 Å². The van der Waals surface area contributed by atoms with Gasteiger partial charge in [0, 0.05) is 13.6 Å². The van der Waals surface area contributed by atoms with Crippen molar-refractivity contribution in [3.63, 3.8) is 0 Å². The lowest BCUT2D eigenvalue weighted by Gasteiger charge is -2.18. The number of unbranched alkanes of at least 4 members (excludes halogenated alkanes) is 1. The number of aromatic carboxylic acids is 1. The minimum Gasteiger partial charge on any atom is -0.495 e. The van der Waals surface area contributed by atoms with E-state index >= 15 is 0 Å². The third kappa shape index (κ3) is 4.15. The number of anilines is 1. The molecular weight excluding hydrogens is 260 g/mol. The number of benzene rings is 1. The molecule has 0 aliphatic carbocycles. The van der Waals surface area contributed by atoms with Gasteiger partial charge in [-0.2, -0.15) is 0 Å². The maximum absolute atomic E-state index is 12.0. The first-order valence-corrected chi connectivity index (χ1v) is 6.43. The Morgan fingerprint density at radius 3 is 2.65 bits per heavy atom. The minimum atomic E-state index is -1.05. The summed E-state index contributed by atoms with van der Waals surface area (Å²) in [7, 11) is 3.16. The minimum absolute atomic E-state index is 0.0947. The van der Waals surface area contributed by atoms with Gasteiger partial charge in [0.05, 0.1) is 18.4 Å². The normalized spacial score (nSPS) is 9.95. The first-order chi connectivity index (χ1) is 9.49. The molecule has 2 N–H and O–H groups in total. The van der Waals surface area contributed by atoms with Crippen LogP contribution in [-0.4, -0.2) is 42.7 Å². The molecule has 0 atom stereocenters. The number of hydrogen-bond acceptors (Lipinski definition) is 3. The van der Waals surface area contributed by atoms with E-state index in [9.17, 15) is 9.59 Å². The molecule has 0 heterocycles. The predicted octanol–water partition coefficient (Wildman–Crippen LogP) is 2.66. The molecule has 1 rings (SSSR count). The van der Waals surface area contributed by atoms with Gasteiger partial charge >= 0.3 is 12.0 Å². The van der Waals surface area contributed by atoms with Crippen molar-refractivity contribution in [3.8, 4) is 5.75 Å². The van der Waals surface area contributed by atoms with Gasteiger partial charge in [-0.05, 0) is 24.6 Å². The number of urea groups is 1. The average molecular weight is 280 g/mol. The summed E-state index contributed by atoms with van der Waals surface area (Å²) < 4.78 is 5.12. The number of nitrogens with zero attached hydrogens (tertiary/aromatic N) is 1. The van der Waals surface area contributed by atoms with Crippen molar-refractivity contribution in [2.45, 2.75) is 19.8 Å². The van der Waals surface area contributed by atoms with Crippen LogP contribution in [0.4, 0.5) is 10.5 Å². The summed E-state index contributed by atoms with van der Waals surface area (Å²) in [5.41, 5.74) is 0.443. The fraction of sp³-hybridized carbons (Fsp3) is 0.429. The number of methoxy groups -OCH3 is 1. The third-order valence-electron chi connectivity index (χ3n) is 2.88. The first-order valence-electron chi connectivity index (χ1n) is 6.43. The van der Waals surface area contributed by atoms with Gasteiger partial charge in [0.25, 0.3) is 0 Å². The van der Waals surface area contributed by atoms with Crippen molar-refractivity contribution in [1.29, 1.82) is 0 Å². The number of nitrogens with one attached hydrogen (secondary N) is 1. The lowest BCUT2D eigenvalue weighted by atomic mass is 10.2. The molecule has 0 fully saturated rings. The van der Waals surface area contributed by atoms with Crippen LogP contribution in [-0.2, 0) is 0 Å². The van der Waals surface area contributed by atoms with E-state index in [1.54, 1.807) is 11.9 Å². The lowest BCUT2D eigenvalue weighted by Crippen LogP contribution is -2.32. The van der Waals surface area contributed by atoms with Crippen LogP contribution in [0.15, 0.2) is 18.2 Å². The van der Waals surface area contributed by atoms with Crippen molar-refractivity contribution >= 4 is 17.7 Å². The summed E-state index contributed by atoms with van der Waals surface area (Å²) in [5, 5.41) is 11.6. The second kappa shape index (κ2) is 7.37. The van der Waals surface area contributed by atoms with Crippen LogP contribution in [0.2, 0.25) is 0 Å². The molecule has 0 unspecified atom stereocenters. The fourth-order valence-electron chi connectivity index (χ4n) is 1.65. The van der Waals surface area contributed by atoms with Crippen molar-refractivity contribution in [3.05, 3.63) is 23.8 Å². The lowest BCUT2D eigenvalue weighted by molar-refractivity contribution is 0.0697. The Morgan fingerprint density at radius 1 is 1.40 bits per heavy atom. The summed E-state index contributed by atoms with van der Waals surface area (Å²) in [4.78, 5) is 24.5. The van der Waals surface area contributed by atoms with E-state index in [1.807, 2.05) is 6.92 Å². The molecule has 0 bridgehead atoms. The Kier molecular flexibility index (Phi) is 5.83. The molecule has 1 aromatic rings. The summed E-state index contributed by atoms with van der Waals surface area (Å²) in [6.45, 7) is 2.69. The van der Waals surface area contributed by atoms with Crippen LogP contribution in [0.3, 0.4) is 0 Å². The highest BCUT2D eigenvalue weighted by molar-refractivity contribution is 5.94. The molecule has 0 aromatic heterocycles. The molecule has 20 heavy (non-hydrogen) atoms. The molecular formula is C14H20N2O4. The Hall–Kier alpha value is -2.24. The molecule has 1 aromatic carbocycles. The fourth-order valence-corrected chi connectivity index (χ4v) is 1.65. The standard InChI is InChI=1S/C14H20N2O4/c1-4-5-8-16(2)14(19)15-11-9-10(13(17)18)6-7-12(11)20-3/h6-7,9H,4-5,8H2,1-3H3,(H,15,19)(H,17,18). The highest BCUT2D eigenvalue weighted by atomic mass is 16.5. The number of amides is 2. The summed E-state index contributed by atoms with van der Waals surface area (Å²) >= 11 is 0. The Balaban J connectivity index is 2.86. The van der Waals surface area contributed by atoms with Crippen molar-refractivity contribution in [1.82, 2.24) is 4.90 Å². The first kappa shape index (κ1) is 15.8. The number of ether oxygens (including phenoxy) is 1. The SMILES string of the molecule is CCCCN(C)C(=O)Nc1cc(C(=O)O)ccc1OC. The second-order valence-electron chi connectivity index (χ2n) is 4.43. The van der Waals surface area contributed by atoms with Crippen molar-refractivity contribution < 1.29 is 19.4 Å². The molecule has 2 amide bonds. The van der Waals surface area contributed by atoms with Gasteiger partial charge in [-0.15, -0.1) is 0 Å². The van der Waals surface area contributed by atoms with Crippen LogP contribution in [0.25, 0.3) is 0 Å². The second-order valence-corrected chi connectivity index (χ2v) is 4.43. The Labute approximate surface area is 118 Å². The van der Waals surface area contributed by atoms with E-state index in [4.69, 9.17) is 9.84 Å². The molecule has 0 aliphatic rings.